The van der Waals surface area contributed by atoms with Crippen LogP contribution in [-0.4, -0.2) is 16.4 Å². The molecular weight excluding hydrogens is 561 g/mol. The van der Waals surface area contributed by atoms with Crippen molar-refractivity contribution in [3.8, 4) is 0 Å². The van der Waals surface area contributed by atoms with Crippen LogP contribution < -0.4 is 24.8 Å². The standard InChI is InChI=1S/C33H43N3.2ClH.Cr/c1-20(2)26-14-11-15-27(21(3)4)32(26)34-24(9)30-18-13-19-31(36-30)25(10)35-33-28(22(5)6)16-12-17-29(33)23(7)8;;;/h11-23H,1-10H3;2*1H;/q;;;+2/p-2. The third-order valence-electron chi connectivity index (χ3n) is 6.73. The summed E-state index contributed by atoms with van der Waals surface area (Å²) in [4.78, 5) is 15.3. The normalized spacial score (nSPS) is 11.9. The molecule has 0 saturated heterocycles. The van der Waals surface area contributed by atoms with E-state index in [4.69, 9.17) is 15.0 Å². The number of pyridine rings is 1. The first-order valence-corrected chi connectivity index (χ1v) is 13.3. The van der Waals surface area contributed by atoms with Crippen LogP contribution in [-0.2, 0) is 17.4 Å². The first-order chi connectivity index (χ1) is 17.0. The van der Waals surface area contributed by atoms with Crippen LogP contribution in [0, 0.1) is 0 Å². The molecule has 0 amide bonds. The third-order valence-corrected chi connectivity index (χ3v) is 6.73. The summed E-state index contributed by atoms with van der Waals surface area (Å²) in [6, 6.07) is 19.2. The summed E-state index contributed by atoms with van der Waals surface area (Å²) in [5.74, 6) is 1.61. The van der Waals surface area contributed by atoms with Gasteiger partial charge in [-0.3, -0.25) is 9.98 Å². The molecule has 210 valence electrons. The molecule has 6 heteroatoms. The van der Waals surface area contributed by atoms with Gasteiger partial charge in [0.05, 0.1) is 34.2 Å². The van der Waals surface area contributed by atoms with Gasteiger partial charge in [0.25, 0.3) is 0 Å². The number of hydrogen-bond donors (Lipinski definition) is 0. The molecule has 0 aliphatic rings. The van der Waals surface area contributed by atoms with Gasteiger partial charge in [0.2, 0.25) is 0 Å². The number of nitrogens with zero attached hydrogens (tertiary/aromatic N) is 3. The Balaban J connectivity index is 0.00000481. The maximum absolute atomic E-state index is 5.15. The van der Waals surface area contributed by atoms with E-state index in [9.17, 15) is 0 Å². The topological polar surface area (TPSA) is 37.6 Å². The zero-order valence-electron chi connectivity index (χ0n) is 25.0. The molecule has 3 aromatic rings. The zero-order chi connectivity index (χ0) is 26.6. The number of hydrogen-bond acceptors (Lipinski definition) is 3. The first-order valence-electron chi connectivity index (χ1n) is 13.3. The predicted molar refractivity (Wildman–Crippen MR) is 157 cm³/mol. The molecule has 39 heavy (non-hydrogen) atoms. The smallest absolute Gasteiger partial charge is 1.00 e. The Bertz CT molecular complexity index is 1130. The summed E-state index contributed by atoms with van der Waals surface area (Å²) in [7, 11) is 0. The van der Waals surface area contributed by atoms with Crippen LogP contribution in [0.25, 0.3) is 0 Å². The van der Waals surface area contributed by atoms with Gasteiger partial charge >= 0.3 is 17.4 Å². The SMILES string of the molecule is CC(=Nc1c(C(C)C)cccc1C(C)C)c1cccc(C(C)=Nc2c(C(C)C)cccc2C(C)C)n1.[Cl-].[Cl-].[Cr+2]. The molecule has 0 spiro atoms. The summed E-state index contributed by atoms with van der Waals surface area (Å²) in [6.07, 6.45) is 0. The number of rotatable bonds is 8. The second-order valence-electron chi connectivity index (χ2n) is 11.0. The van der Waals surface area contributed by atoms with Crippen LogP contribution >= 0.6 is 0 Å². The van der Waals surface area contributed by atoms with Gasteiger partial charge in [-0.15, -0.1) is 0 Å². The predicted octanol–water partition coefficient (Wildman–Crippen LogP) is 3.86. The van der Waals surface area contributed by atoms with Crippen molar-refractivity contribution in [3.63, 3.8) is 0 Å². The number of aliphatic imine (C=N–C) groups is 2. The van der Waals surface area contributed by atoms with Crippen LogP contribution in [0.15, 0.2) is 64.6 Å². The molecule has 3 nitrogen and oxygen atoms in total. The van der Waals surface area contributed by atoms with Crippen molar-refractivity contribution in [2.45, 2.75) is 92.9 Å². The van der Waals surface area contributed by atoms with Crippen molar-refractivity contribution in [2.24, 2.45) is 9.98 Å². The summed E-state index contributed by atoms with van der Waals surface area (Å²) in [5, 5.41) is 0. The maximum atomic E-state index is 5.15. The molecule has 0 N–H and O–H groups in total. The summed E-state index contributed by atoms with van der Waals surface area (Å²) in [6.45, 7) is 22.0. The molecule has 0 bridgehead atoms. The average molecular weight is 605 g/mol. The third kappa shape index (κ3) is 9.02. The minimum absolute atomic E-state index is 0. The molecule has 3 rings (SSSR count). The summed E-state index contributed by atoms with van der Waals surface area (Å²) >= 11 is 0. The van der Waals surface area contributed by atoms with Crippen LogP contribution in [0.3, 0.4) is 0 Å². The monoisotopic (exact) mass is 603 g/mol. The molecular formula is C33H43Cl2CrN3. The van der Waals surface area contributed by atoms with Crippen LogP contribution in [0.2, 0.25) is 0 Å². The summed E-state index contributed by atoms with van der Waals surface area (Å²) < 4.78 is 0. The van der Waals surface area contributed by atoms with E-state index in [1.807, 2.05) is 12.1 Å². The van der Waals surface area contributed by atoms with E-state index in [-0.39, 0.29) is 42.2 Å². The molecule has 0 atom stereocenters. The molecule has 0 radical (unpaired) electrons. The fourth-order valence-corrected chi connectivity index (χ4v) is 4.57. The van der Waals surface area contributed by atoms with Gasteiger partial charge in [0.1, 0.15) is 0 Å². The number of halogens is 2. The van der Waals surface area contributed by atoms with E-state index in [0.29, 0.717) is 23.7 Å². The minimum atomic E-state index is 0. The Morgan fingerprint density at radius 3 is 1.03 bits per heavy atom. The Morgan fingerprint density at radius 2 is 0.769 bits per heavy atom. The van der Waals surface area contributed by atoms with Gasteiger partial charge in [-0.1, -0.05) is 97.9 Å². The van der Waals surface area contributed by atoms with Crippen LogP contribution in [0.1, 0.15) is 127 Å². The summed E-state index contributed by atoms with van der Waals surface area (Å²) in [5.41, 5.74) is 10.9. The Morgan fingerprint density at radius 1 is 0.513 bits per heavy atom. The Hall–Kier alpha value is -1.96. The number of aromatic nitrogens is 1. The van der Waals surface area contributed by atoms with Gasteiger partial charge in [-0.05, 0) is 71.9 Å². The fourth-order valence-electron chi connectivity index (χ4n) is 4.57. The fraction of sp³-hybridized carbons (Fsp3) is 0.424. The van der Waals surface area contributed by atoms with Crippen molar-refractivity contribution >= 4 is 22.8 Å². The Kier molecular flexibility index (Phi) is 15.5. The second kappa shape index (κ2) is 16.3. The van der Waals surface area contributed by atoms with E-state index in [1.165, 1.54) is 22.3 Å². The number of benzene rings is 2. The van der Waals surface area contributed by atoms with Gasteiger partial charge in [-0.25, -0.2) is 4.98 Å². The van der Waals surface area contributed by atoms with Crippen molar-refractivity contribution in [1.82, 2.24) is 4.98 Å². The van der Waals surface area contributed by atoms with E-state index in [1.54, 1.807) is 0 Å². The van der Waals surface area contributed by atoms with Gasteiger partial charge in [0, 0.05) is 0 Å². The van der Waals surface area contributed by atoms with Crippen LogP contribution in [0.5, 0.6) is 0 Å². The molecule has 2 aromatic carbocycles. The molecule has 1 aromatic heterocycles. The largest absolute Gasteiger partial charge is 2.00 e. The molecule has 0 aliphatic heterocycles. The van der Waals surface area contributed by atoms with Crippen molar-refractivity contribution in [1.29, 1.82) is 0 Å². The first kappa shape index (κ1) is 37.0. The van der Waals surface area contributed by atoms with E-state index in [0.717, 1.165) is 34.2 Å². The maximum Gasteiger partial charge on any atom is 2.00 e. The number of para-hydroxylation sites is 2. The van der Waals surface area contributed by atoms with Crippen molar-refractivity contribution in [2.75, 3.05) is 0 Å². The van der Waals surface area contributed by atoms with Crippen LogP contribution in [0.4, 0.5) is 11.4 Å². The minimum Gasteiger partial charge on any atom is -1.00 e. The van der Waals surface area contributed by atoms with Crippen molar-refractivity contribution in [3.05, 3.63) is 88.2 Å². The molecule has 0 unspecified atom stereocenters. The quantitative estimate of drug-likeness (QED) is 0.360. The van der Waals surface area contributed by atoms with E-state index < -0.39 is 0 Å². The molecule has 1 heterocycles. The van der Waals surface area contributed by atoms with E-state index in [2.05, 4.69) is 112 Å². The van der Waals surface area contributed by atoms with Gasteiger partial charge in [0.15, 0.2) is 0 Å². The molecule has 0 aliphatic carbocycles. The van der Waals surface area contributed by atoms with E-state index >= 15 is 0 Å². The van der Waals surface area contributed by atoms with Gasteiger partial charge in [-0.2, -0.15) is 0 Å². The van der Waals surface area contributed by atoms with Crippen molar-refractivity contribution < 1.29 is 42.2 Å². The molecule has 0 saturated carbocycles. The Labute approximate surface area is 260 Å². The molecule has 0 fully saturated rings. The zero-order valence-corrected chi connectivity index (χ0v) is 27.8. The second-order valence-corrected chi connectivity index (χ2v) is 11.0. The average Bonchev–Trinajstić information content (AvgIpc) is 2.83. The van der Waals surface area contributed by atoms with Gasteiger partial charge < -0.3 is 24.8 Å².